The van der Waals surface area contributed by atoms with Gasteiger partial charge in [0.15, 0.2) is 0 Å². The number of ether oxygens (including phenoxy) is 1. The third-order valence-corrected chi connectivity index (χ3v) is 1.39. The van der Waals surface area contributed by atoms with E-state index in [0.717, 1.165) is 0 Å². The standard InChI is InChI=1S/C8H14O4/c1-5(9)4-8(11)12-7(3)6(2)10/h6-7,10H,4H2,1-3H3. The summed E-state index contributed by atoms with van der Waals surface area (Å²) in [6, 6.07) is 0. The van der Waals surface area contributed by atoms with Crippen LogP contribution in [-0.4, -0.2) is 29.1 Å². The van der Waals surface area contributed by atoms with Gasteiger partial charge in [0.2, 0.25) is 0 Å². The van der Waals surface area contributed by atoms with Crippen molar-refractivity contribution in [2.24, 2.45) is 0 Å². The lowest BCUT2D eigenvalue weighted by atomic mass is 10.2. The van der Waals surface area contributed by atoms with Crippen LogP contribution in [-0.2, 0) is 14.3 Å². The Labute approximate surface area is 71.5 Å². The third-order valence-electron chi connectivity index (χ3n) is 1.39. The molecule has 0 saturated heterocycles. The molecule has 0 aromatic rings. The number of carbonyl (C=O) groups excluding carboxylic acids is 2. The fraction of sp³-hybridized carbons (Fsp3) is 0.750. The lowest BCUT2D eigenvalue weighted by Crippen LogP contribution is -2.26. The highest BCUT2D eigenvalue weighted by Gasteiger charge is 2.14. The van der Waals surface area contributed by atoms with E-state index < -0.39 is 18.2 Å². The molecule has 2 unspecified atom stereocenters. The minimum atomic E-state index is -0.707. The topological polar surface area (TPSA) is 63.6 Å². The molecule has 0 aliphatic rings. The van der Waals surface area contributed by atoms with Crippen molar-refractivity contribution in [2.45, 2.75) is 39.4 Å². The zero-order valence-corrected chi connectivity index (χ0v) is 7.53. The molecule has 0 aliphatic heterocycles. The molecule has 0 rings (SSSR count). The normalized spacial score (nSPS) is 15.0. The van der Waals surface area contributed by atoms with Crippen molar-refractivity contribution < 1.29 is 19.4 Å². The van der Waals surface area contributed by atoms with E-state index in [2.05, 4.69) is 0 Å². The molecular weight excluding hydrogens is 160 g/mol. The van der Waals surface area contributed by atoms with Crippen molar-refractivity contribution >= 4 is 11.8 Å². The Bertz CT molecular complexity index is 174. The molecule has 0 spiro atoms. The van der Waals surface area contributed by atoms with Crippen LogP contribution in [0.3, 0.4) is 0 Å². The lowest BCUT2D eigenvalue weighted by Gasteiger charge is -2.14. The molecule has 0 saturated carbocycles. The van der Waals surface area contributed by atoms with Crippen LogP contribution in [0.2, 0.25) is 0 Å². The number of aliphatic hydroxyl groups is 1. The molecule has 2 atom stereocenters. The lowest BCUT2D eigenvalue weighted by molar-refractivity contribution is -0.154. The summed E-state index contributed by atoms with van der Waals surface area (Å²) in [5.74, 6) is -0.825. The molecular formula is C8H14O4. The second-order valence-electron chi connectivity index (χ2n) is 2.81. The summed E-state index contributed by atoms with van der Waals surface area (Å²) in [6.07, 6.45) is -1.49. The van der Waals surface area contributed by atoms with Gasteiger partial charge in [-0.2, -0.15) is 0 Å². The molecule has 0 fully saturated rings. The quantitative estimate of drug-likeness (QED) is 0.491. The number of hydrogen-bond donors (Lipinski definition) is 1. The van der Waals surface area contributed by atoms with Crippen LogP contribution in [0.25, 0.3) is 0 Å². The molecule has 4 nitrogen and oxygen atoms in total. The molecule has 0 aromatic carbocycles. The first-order valence-corrected chi connectivity index (χ1v) is 3.80. The van der Waals surface area contributed by atoms with Gasteiger partial charge in [0, 0.05) is 0 Å². The first kappa shape index (κ1) is 11.1. The second kappa shape index (κ2) is 4.87. The van der Waals surface area contributed by atoms with Crippen molar-refractivity contribution in [1.82, 2.24) is 0 Å². The highest BCUT2D eigenvalue weighted by molar-refractivity contribution is 5.94. The maximum absolute atomic E-state index is 10.8. The van der Waals surface area contributed by atoms with Gasteiger partial charge in [-0.15, -0.1) is 0 Å². The largest absolute Gasteiger partial charge is 0.460 e. The fourth-order valence-electron chi connectivity index (χ4n) is 0.551. The van der Waals surface area contributed by atoms with Gasteiger partial charge >= 0.3 is 5.97 Å². The predicted octanol–water partition coefficient (Wildman–Crippen LogP) is 0.278. The Hall–Kier alpha value is -0.900. The van der Waals surface area contributed by atoms with Gasteiger partial charge in [-0.25, -0.2) is 0 Å². The number of Topliss-reactive ketones (excluding diaryl/α,β-unsaturated/α-hetero) is 1. The first-order valence-electron chi connectivity index (χ1n) is 3.80. The smallest absolute Gasteiger partial charge is 0.313 e. The van der Waals surface area contributed by atoms with E-state index in [4.69, 9.17) is 9.84 Å². The van der Waals surface area contributed by atoms with Crippen LogP contribution >= 0.6 is 0 Å². The van der Waals surface area contributed by atoms with Crippen molar-refractivity contribution in [3.05, 3.63) is 0 Å². The summed E-state index contributed by atoms with van der Waals surface area (Å²) < 4.78 is 4.71. The summed E-state index contributed by atoms with van der Waals surface area (Å²) >= 11 is 0. The third kappa shape index (κ3) is 4.85. The molecule has 70 valence electrons. The molecule has 4 heteroatoms. The fourth-order valence-corrected chi connectivity index (χ4v) is 0.551. The Balaban J connectivity index is 3.77. The van der Waals surface area contributed by atoms with Crippen LogP contribution in [0.5, 0.6) is 0 Å². The van der Waals surface area contributed by atoms with Crippen LogP contribution < -0.4 is 0 Å². The molecule has 0 heterocycles. The SMILES string of the molecule is CC(=O)CC(=O)OC(C)C(C)O. The Morgan fingerprint density at radius 1 is 1.42 bits per heavy atom. The maximum atomic E-state index is 10.8. The van der Waals surface area contributed by atoms with Crippen molar-refractivity contribution in [3.63, 3.8) is 0 Å². The van der Waals surface area contributed by atoms with Gasteiger partial charge in [-0.3, -0.25) is 9.59 Å². The molecule has 0 radical (unpaired) electrons. The highest BCUT2D eigenvalue weighted by atomic mass is 16.6. The van der Waals surface area contributed by atoms with Crippen LogP contribution in [0.4, 0.5) is 0 Å². The van der Waals surface area contributed by atoms with E-state index in [9.17, 15) is 9.59 Å². The first-order chi connectivity index (χ1) is 5.43. The van der Waals surface area contributed by atoms with E-state index in [1.54, 1.807) is 6.92 Å². The van der Waals surface area contributed by atoms with Gasteiger partial charge in [-0.1, -0.05) is 0 Å². The summed E-state index contributed by atoms with van der Waals surface area (Å²) in [5.41, 5.74) is 0. The number of hydrogen-bond acceptors (Lipinski definition) is 4. The zero-order valence-electron chi connectivity index (χ0n) is 7.53. The summed E-state index contributed by atoms with van der Waals surface area (Å²) in [7, 11) is 0. The summed E-state index contributed by atoms with van der Waals surface area (Å²) in [5, 5.41) is 8.94. The number of ketones is 1. The van der Waals surface area contributed by atoms with E-state index in [1.165, 1.54) is 13.8 Å². The van der Waals surface area contributed by atoms with Crippen LogP contribution in [0.15, 0.2) is 0 Å². The molecule has 1 N–H and O–H groups in total. The number of aliphatic hydroxyl groups excluding tert-OH is 1. The molecule has 0 aromatic heterocycles. The predicted molar refractivity (Wildman–Crippen MR) is 42.5 cm³/mol. The average Bonchev–Trinajstić information content (AvgIpc) is 1.84. The average molecular weight is 174 g/mol. The molecule has 12 heavy (non-hydrogen) atoms. The van der Waals surface area contributed by atoms with Crippen molar-refractivity contribution in [3.8, 4) is 0 Å². The minimum absolute atomic E-state index is 0.225. The number of rotatable bonds is 4. The van der Waals surface area contributed by atoms with Gasteiger partial charge in [0.05, 0.1) is 6.10 Å². The summed E-state index contributed by atoms with van der Waals surface area (Å²) in [6.45, 7) is 4.41. The molecule has 0 aliphatic carbocycles. The van der Waals surface area contributed by atoms with E-state index in [-0.39, 0.29) is 12.2 Å². The molecule has 0 bridgehead atoms. The number of carbonyl (C=O) groups is 2. The van der Waals surface area contributed by atoms with Crippen LogP contribution in [0, 0.1) is 0 Å². The Morgan fingerprint density at radius 2 is 1.92 bits per heavy atom. The Morgan fingerprint density at radius 3 is 2.25 bits per heavy atom. The van der Waals surface area contributed by atoms with Gasteiger partial charge in [0.25, 0.3) is 0 Å². The van der Waals surface area contributed by atoms with E-state index in [0.29, 0.717) is 0 Å². The van der Waals surface area contributed by atoms with Gasteiger partial charge in [0.1, 0.15) is 18.3 Å². The number of esters is 1. The van der Waals surface area contributed by atoms with Crippen molar-refractivity contribution in [1.29, 1.82) is 0 Å². The maximum Gasteiger partial charge on any atom is 0.313 e. The van der Waals surface area contributed by atoms with Gasteiger partial charge in [-0.05, 0) is 20.8 Å². The second-order valence-corrected chi connectivity index (χ2v) is 2.81. The minimum Gasteiger partial charge on any atom is -0.460 e. The monoisotopic (exact) mass is 174 g/mol. The van der Waals surface area contributed by atoms with Gasteiger partial charge < -0.3 is 9.84 Å². The van der Waals surface area contributed by atoms with E-state index >= 15 is 0 Å². The summed E-state index contributed by atoms with van der Waals surface area (Å²) in [4.78, 5) is 21.3. The Kier molecular flexibility index (Phi) is 4.51. The molecule has 0 amide bonds. The van der Waals surface area contributed by atoms with Crippen LogP contribution in [0.1, 0.15) is 27.2 Å². The van der Waals surface area contributed by atoms with E-state index in [1.807, 2.05) is 0 Å². The zero-order chi connectivity index (χ0) is 9.72. The highest BCUT2D eigenvalue weighted by Crippen LogP contribution is 1.99. The van der Waals surface area contributed by atoms with Crippen molar-refractivity contribution in [2.75, 3.05) is 0 Å².